The number of nitrogens with one attached hydrogen (secondary N) is 1. The van der Waals surface area contributed by atoms with Gasteiger partial charge in [-0.2, -0.15) is 0 Å². The topological polar surface area (TPSA) is 67.9 Å². The van der Waals surface area contributed by atoms with Gasteiger partial charge in [-0.3, -0.25) is 10.1 Å². The molecule has 130 valence electrons. The summed E-state index contributed by atoms with van der Waals surface area (Å²) in [6.45, 7) is 0.681. The minimum Gasteiger partial charge on any atom is -0.410 e. The van der Waals surface area contributed by atoms with E-state index in [1.807, 2.05) is 18.2 Å². The number of amides is 2. The first kappa shape index (κ1) is 17.0. The number of aryl methyl sites for hydroxylation is 1. The van der Waals surface area contributed by atoms with E-state index >= 15 is 0 Å². The summed E-state index contributed by atoms with van der Waals surface area (Å²) >= 11 is 0. The van der Waals surface area contributed by atoms with Gasteiger partial charge in [-0.25, -0.2) is 4.79 Å². The molecular formula is C19H20N2O4. The van der Waals surface area contributed by atoms with Crippen molar-refractivity contribution in [2.75, 3.05) is 30.5 Å². The highest BCUT2D eigenvalue weighted by Crippen LogP contribution is 2.30. The zero-order valence-corrected chi connectivity index (χ0v) is 14.0. The van der Waals surface area contributed by atoms with Crippen LogP contribution in [0.3, 0.4) is 0 Å². The highest BCUT2D eigenvalue weighted by atomic mass is 16.6. The second-order valence-corrected chi connectivity index (χ2v) is 5.75. The molecular weight excluding hydrogens is 320 g/mol. The van der Waals surface area contributed by atoms with E-state index in [1.54, 1.807) is 35.2 Å². The summed E-state index contributed by atoms with van der Waals surface area (Å²) in [4.78, 5) is 26.0. The summed E-state index contributed by atoms with van der Waals surface area (Å²) in [7, 11) is 1.50. The smallest absolute Gasteiger partial charge is 0.410 e. The van der Waals surface area contributed by atoms with Gasteiger partial charge in [0.1, 0.15) is 12.4 Å². The Morgan fingerprint density at radius 3 is 2.72 bits per heavy atom. The predicted octanol–water partition coefficient (Wildman–Crippen LogP) is 3.22. The van der Waals surface area contributed by atoms with Crippen LogP contribution in [0.1, 0.15) is 12.0 Å². The lowest BCUT2D eigenvalue weighted by Gasteiger charge is -2.29. The molecule has 2 amide bonds. The summed E-state index contributed by atoms with van der Waals surface area (Å²) < 4.78 is 10.2. The lowest BCUT2D eigenvalue weighted by atomic mass is 10.0. The van der Waals surface area contributed by atoms with Gasteiger partial charge in [-0.1, -0.05) is 24.3 Å². The molecule has 1 aliphatic rings. The number of hydrogen-bond acceptors (Lipinski definition) is 4. The first-order chi connectivity index (χ1) is 12.2. The quantitative estimate of drug-likeness (QED) is 0.928. The number of anilines is 2. The predicted molar refractivity (Wildman–Crippen MR) is 95.1 cm³/mol. The van der Waals surface area contributed by atoms with Gasteiger partial charge in [0.2, 0.25) is 0 Å². The second-order valence-electron chi connectivity index (χ2n) is 5.75. The van der Waals surface area contributed by atoms with Crippen LogP contribution in [-0.2, 0) is 16.0 Å². The summed E-state index contributed by atoms with van der Waals surface area (Å²) in [5.74, 6) is 0.377. The van der Waals surface area contributed by atoms with E-state index in [-0.39, 0.29) is 12.5 Å². The second kappa shape index (κ2) is 7.81. The number of methoxy groups -OCH3 is 1. The fourth-order valence-electron chi connectivity index (χ4n) is 2.85. The Morgan fingerprint density at radius 1 is 1.16 bits per heavy atom. The molecule has 0 radical (unpaired) electrons. The van der Waals surface area contributed by atoms with E-state index in [0.717, 1.165) is 24.1 Å². The number of rotatable bonds is 4. The van der Waals surface area contributed by atoms with Crippen molar-refractivity contribution in [1.82, 2.24) is 0 Å². The Labute approximate surface area is 146 Å². The Hall–Kier alpha value is -2.86. The third kappa shape index (κ3) is 4.16. The zero-order valence-electron chi connectivity index (χ0n) is 14.0. The monoisotopic (exact) mass is 340 g/mol. The van der Waals surface area contributed by atoms with E-state index in [2.05, 4.69) is 5.32 Å². The van der Waals surface area contributed by atoms with E-state index in [1.165, 1.54) is 7.11 Å². The van der Waals surface area contributed by atoms with Crippen LogP contribution in [-0.4, -0.2) is 32.3 Å². The molecule has 0 bridgehead atoms. The van der Waals surface area contributed by atoms with Crippen LogP contribution in [0.5, 0.6) is 5.75 Å². The van der Waals surface area contributed by atoms with Crippen LogP contribution >= 0.6 is 0 Å². The molecule has 2 aromatic rings. The highest BCUT2D eigenvalue weighted by molar-refractivity contribution is 5.97. The molecule has 0 spiro atoms. The van der Waals surface area contributed by atoms with Gasteiger partial charge in [0, 0.05) is 25.0 Å². The Kier molecular flexibility index (Phi) is 5.30. The molecule has 1 heterocycles. The van der Waals surface area contributed by atoms with Crippen molar-refractivity contribution in [3.8, 4) is 5.75 Å². The highest BCUT2D eigenvalue weighted by Gasteiger charge is 2.23. The van der Waals surface area contributed by atoms with Gasteiger partial charge in [0.15, 0.2) is 0 Å². The van der Waals surface area contributed by atoms with Gasteiger partial charge in [-0.05, 0) is 42.7 Å². The molecule has 0 saturated heterocycles. The molecule has 0 fully saturated rings. The Bertz CT molecular complexity index is 761. The van der Waals surface area contributed by atoms with Crippen LogP contribution in [0.2, 0.25) is 0 Å². The maximum absolute atomic E-state index is 12.2. The molecule has 0 aromatic heterocycles. The molecule has 6 heteroatoms. The number of fused-ring (bicyclic) bond motifs is 1. The number of carbonyl (C=O) groups excluding carboxylic acids is 2. The molecule has 1 N–H and O–H groups in total. The fraction of sp³-hybridized carbons (Fsp3) is 0.263. The van der Waals surface area contributed by atoms with Crippen LogP contribution in [0.15, 0.2) is 48.5 Å². The van der Waals surface area contributed by atoms with E-state index in [0.29, 0.717) is 18.0 Å². The van der Waals surface area contributed by atoms with Crippen molar-refractivity contribution >= 4 is 23.4 Å². The standard InChI is InChI=1S/C19H20N2O4/c1-24-13-18(22)21-11-5-6-14-9-10-15(12-17(14)21)20-19(23)25-16-7-3-2-4-8-16/h2-4,7-10,12H,5-6,11,13H2,1H3,(H,20,23). The molecule has 0 unspecified atom stereocenters. The summed E-state index contributed by atoms with van der Waals surface area (Å²) in [5, 5.41) is 2.70. The number of nitrogens with zero attached hydrogens (tertiary/aromatic N) is 1. The lowest BCUT2D eigenvalue weighted by molar-refractivity contribution is -0.122. The van der Waals surface area contributed by atoms with Gasteiger partial charge in [0.05, 0.1) is 0 Å². The van der Waals surface area contributed by atoms with Crippen molar-refractivity contribution in [3.05, 3.63) is 54.1 Å². The summed E-state index contributed by atoms with van der Waals surface area (Å²) in [6.07, 6.45) is 1.24. The molecule has 3 rings (SSSR count). The van der Waals surface area contributed by atoms with Crippen LogP contribution in [0.25, 0.3) is 0 Å². The number of benzene rings is 2. The van der Waals surface area contributed by atoms with Crippen molar-refractivity contribution < 1.29 is 19.1 Å². The van der Waals surface area contributed by atoms with Gasteiger partial charge in [-0.15, -0.1) is 0 Å². The van der Waals surface area contributed by atoms with E-state index in [4.69, 9.17) is 9.47 Å². The van der Waals surface area contributed by atoms with Crippen molar-refractivity contribution in [2.24, 2.45) is 0 Å². The third-order valence-corrected chi connectivity index (χ3v) is 3.97. The molecule has 0 aliphatic carbocycles. The van der Waals surface area contributed by atoms with Crippen LogP contribution < -0.4 is 15.0 Å². The SMILES string of the molecule is COCC(=O)N1CCCc2ccc(NC(=O)Oc3ccccc3)cc21. The van der Waals surface area contributed by atoms with E-state index in [9.17, 15) is 9.59 Å². The minimum absolute atomic E-state index is 0.0349. The largest absolute Gasteiger partial charge is 0.417 e. The summed E-state index contributed by atoms with van der Waals surface area (Å²) in [5.41, 5.74) is 2.47. The first-order valence-electron chi connectivity index (χ1n) is 8.13. The van der Waals surface area contributed by atoms with Gasteiger partial charge in [0.25, 0.3) is 5.91 Å². The average molecular weight is 340 g/mol. The molecule has 1 aliphatic heterocycles. The zero-order chi connectivity index (χ0) is 17.6. The van der Waals surface area contributed by atoms with Gasteiger partial charge < -0.3 is 14.4 Å². The van der Waals surface area contributed by atoms with Crippen LogP contribution in [0, 0.1) is 0 Å². The third-order valence-electron chi connectivity index (χ3n) is 3.97. The molecule has 25 heavy (non-hydrogen) atoms. The first-order valence-corrected chi connectivity index (χ1v) is 8.13. The normalized spacial score (nSPS) is 13.1. The van der Waals surface area contributed by atoms with Gasteiger partial charge >= 0.3 is 6.09 Å². The molecule has 0 saturated carbocycles. The molecule has 0 atom stereocenters. The number of carbonyl (C=O) groups is 2. The Morgan fingerprint density at radius 2 is 1.96 bits per heavy atom. The van der Waals surface area contributed by atoms with Crippen molar-refractivity contribution in [3.63, 3.8) is 0 Å². The van der Waals surface area contributed by atoms with Crippen molar-refractivity contribution in [1.29, 1.82) is 0 Å². The fourth-order valence-corrected chi connectivity index (χ4v) is 2.85. The lowest BCUT2D eigenvalue weighted by Crippen LogP contribution is -2.37. The average Bonchev–Trinajstić information content (AvgIpc) is 2.62. The van der Waals surface area contributed by atoms with Crippen molar-refractivity contribution in [2.45, 2.75) is 12.8 Å². The van der Waals surface area contributed by atoms with Crippen LogP contribution in [0.4, 0.5) is 16.2 Å². The minimum atomic E-state index is -0.572. The molecule has 2 aromatic carbocycles. The number of para-hydroxylation sites is 1. The maximum atomic E-state index is 12.2. The number of hydrogen-bond donors (Lipinski definition) is 1. The van der Waals surface area contributed by atoms with E-state index < -0.39 is 6.09 Å². The number of ether oxygens (including phenoxy) is 2. The Balaban J connectivity index is 1.74. The maximum Gasteiger partial charge on any atom is 0.417 e. The molecule has 6 nitrogen and oxygen atoms in total. The summed E-state index contributed by atoms with van der Waals surface area (Å²) in [6, 6.07) is 14.4.